The number of thiazole rings is 1. The molecule has 0 bridgehead atoms. The van der Waals surface area contributed by atoms with E-state index in [1.807, 2.05) is 24.3 Å². The maximum Gasteiger partial charge on any atom is 0.162 e. The van der Waals surface area contributed by atoms with Gasteiger partial charge >= 0.3 is 0 Å². The summed E-state index contributed by atoms with van der Waals surface area (Å²) in [5.74, 6) is 0. The number of fused-ring (bicyclic) bond motifs is 1. The molecule has 0 fully saturated rings. The number of aromatic nitrogens is 1. The molecule has 0 N–H and O–H groups in total. The van der Waals surface area contributed by atoms with Crippen molar-refractivity contribution >= 4 is 33.8 Å². The van der Waals surface area contributed by atoms with Gasteiger partial charge in [0.1, 0.15) is 0 Å². The lowest BCUT2D eigenvalue weighted by molar-refractivity contribution is 0.861. The lowest BCUT2D eigenvalue weighted by Crippen LogP contribution is -1.92. The SMILES string of the molecule is [2H]C([2H])(C=C)n1c(=S)sc2ccccc21. The van der Waals surface area contributed by atoms with E-state index < -0.39 is 6.50 Å². The topological polar surface area (TPSA) is 4.93 Å². The van der Waals surface area contributed by atoms with E-state index in [1.54, 1.807) is 0 Å². The first-order valence-corrected chi connectivity index (χ1v) is 5.03. The molecule has 66 valence electrons. The molecule has 0 amide bonds. The van der Waals surface area contributed by atoms with Gasteiger partial charge in [-0.1, -0.05) is 18.2 Å². The Balaban J connectivity index is 2.86. The Morgan fingerprint density at radius 1 is 1.62 bits per heavy atom. The number of rotatable bonds is 2. The molecule has 1 aromatic heterocycles. The zero-order valence-electron chi connectivity index (χ0n) is 8.86. The highest BCUT2D eigenvalue weighted by atomic mass is 32.1. The highest BCUT2D eigenvalue weighted by Crippen LogP contribution is 2.22. The number of nitrogens with zero attached hydrogens (tertiary/aromatic N) is 1. The molecule has 1 heterocycles. The third-order valence-electron chi connectivity index (χ3n) is 1.71. The van der Waals surface area contributed by atoms with Gasteiger partial charge in [0.05, 0.1) is 13.0 Å². The summed E-state index contributed by atoms with van der Waals surface area (Å²) in [5.41, 5.74) is 0.817. The largest absolute Gasteiger partial charge is 0.319 e. The predicted molar refractivity (Wildman–Crippen MR) is 60.8 cm³/mol. The van der Waals surface area contributed by atoms with Gasteiger partial charge in [-0.3, -0.25) is 0 Å². The molecule has 0 atom stereocenters. The molecule has 0 radical (unpaired) electrons. The Morgan fingerprint density at radius 3 is 3.15 bits per heavy atom. The normalized spacial score (nSPS) is 13.8. The van der Waals surface area contributed by atoms with Crippen molar-refractivity contribution in [3.8, 4) is 0 Å². The van der Waals surface area contributed by atoms with Crippen molar-refractivity contribution in [1.29, 1.82) is 0 Å². The van der Waals surface area contributed by atoms with Crippen molar-refractivity contribution in [2.45, 2.75) is 6.50 Å². The fourth-order valence-electron chi connectivity index (χ4n) is 1.18. The van der Waals surface area contributed by atoms with Crippen LogP contribution in [-0.2, 0) is 6.50 Å². The van der Waals surface area contributed by atoms with Crippen molar-refractivity contribution < 1.29 is 2.74 Å². The second-order valence-corrected chi connectivity index (χ2v) is 4.18. The first-order chi connectivity index (χ1) is 7.06. The minimum absolute atomic E-state index is 0.529. The van der Waals surface area contributed by atoms with Crippen LogP contribution in [0.1, 0.15) is 2.74 Å². The van der Waals surface area contributed by atoms with Crippen LogP contribution in [0.4, 0.5) is 0 Å². The molecule has 1 aromatic carbocycles. The van der Waals surface area contributed by atoms with Crippen LogP contribution in [-0.4, -0.2) is 4.57 Å². The highest BCUT2D eigenvalue weighted by Gasteiger charge is 2.01. The van der Waals surface area contributed by atoms with E-state index in [2.05, 4.69) is 6.58 Å². The average molecular weight is 209 g/mol. The summed E-state index contributed by atoms with van der Waals surface area (Å²) in [5, 5.41) is 0. The van der Waals surface area contributed by atoms with Crippen LogP contribution >= 0.6 is 23.6 Å². The molecule has 0 aliphatic carbocycles. The fraction of sp³-hybridized carbons (Fsp3) is 0.100. The quantitative estimate of drug-likeness (QED) is 0.540. The molecule has 0 saturated carbocycles. The number of hydrogen-bond acceptors (Lipinski definition) is 2. The zero-order valence-corrected chi connectivity index (χ0v) is 8.49. The maximum atomic E-state index is 7.81. The summed E-state index contributed by atoms with van der Waals surface area (Å²) in [6.07, 6.45) is 1.27. The standard InChI is InChI=1S/C10H9NS2/c1-2-7-11-8-5-3-4-6-9(8)13-10(11)12/h2-6H,1,7H2/i7D2. The molecule has 0 aliphatic rings. The second kappa shape index (κ2) is 3.44. The van der Waals surface area contributed by atoms with Gasteiger partial charge in [-0.05, 0) is 24.4 Å². The highest BCUT2D eigenvalue weighted by molar-refractivity contribution is 7.73. The lowest BCUT2D eigenvalue weighted by Gasteiger charge is -1.98. The molecule has 0 unspecified atom stereocenters. The first kappa shape index (κ1) is 6.51. The van der Waals surface area contributed by atoms with E-state index in [9.17, 15) is 0 Å². The Morgan fingerprint density at radius 2 is 2.38 bits per heavy atom. The number of hydrogen-bond donors (Lipinski definition) is 0. The molecule has 2 aromatic rings. The molecular formula is C10H9NS2. The number of para-hydroxylation sites is 1. The molecule has 0 spiro atoms. The van der Waals surface area contributed by atoms with Gasteiger partial charge in [0, 0.05) is 6.50 Å². The van der Waals surface area contributed by atoms with Crippen molar-refractivity contribution in [2.75, 3.05) is 0 Å². The van der Waals surface area contributed by atoms with Crippen LogP contribution in [0.3, 0.4) is 0 Å². The van der Waals surface area contributed by atoms with Crippen LogP contribution in [0.5, 0.6) is 0 Å². The number of benzene rings is 1. The van der Waals surface area contributed by atoms with Crippen LogP contribution in [0.25, 0.3) is 10.2 Å². The van der Waals surface area contributed by atoms with E-state index >= 15 is 0 Å². The van der Waals surface area contributed by atoms with Gasteiger partial charge < -0.3 is 4.57 Å². The number of allylic oxidation sites excluding steroid dienone is 1. The summed E-state index contributed by atoms with van der Waals surface area (Å²) >= 11 is 6.57. The molecule has 0 saturated heterocycles. The Kier molecular flexibility index (Phi) is 1.72. The summed E-state index contributed by atoms with van der Waals surface area (Å²) in [6.45, 7) is 1.87. The third kappa shape index (κ3) is 1.45. The Bertz CT molecular complexity index is 568. The van der Waals surface area contributed by atoms with Crippen LogP contribution in [0, 0.1) is 3.95 Å². The Hall–Kier alpha value is -0.930. The van der Waals surface area contributed by atoms with E-state index in [1.165, 1.54) is 22.0 Å². The summed E-state index contributed by atoms with van der Waals surface area (Å²) in [6, 6.07) is 7.59. The fourth-order valence-corrected chi connectivity index (χ4v) is 2.44. The van der Waals surface area contributed by atoms with Crippen LogP contribution < -0.4 is 0 Å². The van der Waals surface area contributed by atoms with E-state index in [0.29, 0.717) is 3.95 Å². The van der Waals surface area contributed by atoms with Gasteiger partial charge in [-0.25, -0.2) is 0 Å². The second-order valence-electron chi connectivity index (χ2n) is 2.50. The van der Waals surface area contributed by atoms with Gasteiger partial charge in [-0.15, -0.1) is 17.9 Å². The van der Waals surface area contributed by atoms with Crippen molar-refractivity contribution in [2.24, 2.45) is 0 Å². The Labute approximate surface area is 88.8 Å². The van der Waals surface area contributed by atoms with Gasteiger partial charge in [0.25, 0.3) is 0 Å². The maximum absolute atomic E-state index is 7.81. The minimum Gasteiger partial charge on any atom is -0.319 e. The summed E-state index contributed by atoms with van der Waals surface area (Å²) in [4.78, 5) is 0. The first-order valence-electron chi connectivity index (χ1n) is 4.81. The van der Waals surface area contributed by atoms with Crippen molar-refractivity contribution in [3.63, 3.8) is 0 Å². The van der Waals surface area contributed by atoms with Crippen molar-refractivity contribution in [1.82, 2.24) is 4.57 Å². The smallest absolute Gasteiger partial charge is 0.162 e. The average Bonchev–Trinajstić information content (AvgIpc) is 2.54. The summed E-state index contributed by atoms with van der Waals surface area (Å²) < 4.78 is 18.6. The molecular weight excluding hydrogens is 198 g/mol. The van der Waals surface area contributed by atoms with Gasteiger partial charge in [0.2, 0.25) is 0 Å². The molecule has 13 heavy (non-hydrogen) atoms. The van der Waals surface area contributed by atoms with E-state index in [4.69, 9.17) is 15.0 Å². The van der Waals surface area contributed by atoms with Gasteiger partial charge in [0.15, 0.2) is 3.95 Å². The molecule has 2 rings (SSSR count). The zero-order chi connectivity index (χ0) is 11.1. The lowest BCUT2D eigenvalue weighted by atomic mass is 10.3. The monoisotopic (exact) mass is 209 g/mol. The van der Waals surface area contributed by atoms with E-state index in [0.717, 1.165) is 10.2 Å². The van der Waals surface area contributed by atoms with Crippen LogP contribution in [0.15, 0.2) is 36.9 Å². The minimum atomic E-state index is -1.63. The molecule has 0 aliphatic heterocycles. The van der Waals surface area contributed by atoms with Crippen molar-refractivity contribution in [3.05, 3.63) is 40.9 Å². The molecule has 3 heteroatoms. The summed E-state index contributed by atoms with van der Waals surface area (Å²) in [7, 11) is 0. The third-order valence-corrected chi connectivity index (χ3v) is 3.06. The molecule has 1 nitrogen and oxygen atoms in total. The van der Waals surface area contributed by atoms with Crippen LogP contribution in [0.2, 0.25) is 0 Å². The van der Waals surface area contributed by atoms with Gasteiger partial charge in [-0.2, -0.15) is 0 Å². The van der Waals surface area contributed by atoms with E-state index in [-0.39, 0.29) is 0 Å². The predicted octanol–water partition coefficient (Wildman–Crippen LogP) is 3.62.